The summed E-state index contributed by atoms with van der Waals surface area (Å²) in [6.07, 6.45) is 2.86. The Morgan fingerprint density at radius 2 is 2.05 bits per heavy atom. The molecule has 3 rings (SSSR count). The molecule has 0 aromatic carbocycles. The lowest BCUT2D eigenvalue weighted by molar-refractivity contribution is -0.194. The molecule has 5 unspecified atom stereocenters. The minimum atomic E-state index is -0.855. The summed E-state index contributed by atoms with van der Waals surface area (Å²) in [4.78, 5) is 22.9. The highest BCUT2D eigenvalue weighted by Gasteiger charge is 2.59. The van der Waals surface area contributed by atoms with Crippen molar-refractivity contribution in [3.8, 4) is 0 Å². The number of carbonyl (C=O) groups is 2. The fourth-order valence-corrected chi connectivity index (χ4v) is 3.83. The Bertz CT molecular complexity index is 420. The van der Waals surface area contributed by atoms with E-state index in [4.69, 9.17) is 9.84 Å². The first-order valence-electron chi connectivity index (χ1n) is 7.07. The second kappa shape index (κ2) is 4.20. The van der Waals surface area contributed by atoms with Crippen LogP contribution in [0.4, 0.5) is 0 Å². The molecule has 0 spiro atoms. The highest BCUT2D eigenvalue weighted by Crippen LogP contribution is 2.51. The molecule has 1 aliphatic heterocycles. The van der Waals surface area contributed by atoms with Gasteiger partial charge in [-0.15, -0.1) is 0 Å². The summed E-state index contributed by atoms with van der Waals surface area (Å²) in [5, 5.41) is 11.9. The number of carboxylic acids is 1. The van der Waals surface area contributed by atoms with Gasteiger partial charge in [0.25, 0.3) is 0 Å². The van der Waals surface area contributed by atoms with Crippen LogP contribution in [0.3, 0.4) is 0 Å². The average Bonchev–Trinajstić information content (AvgIpc) is 3.16. The van der Waals surface area contributed by atoms with Crippen molar-refractivity contribution in [3.63, 3.8) is 0 Å². The summed E-state index contributed by atoms with van der Waals surface area (Å²) in [7, 11) is 0. The molecule has 0 aromatic rings. The molecular weight excluding hydrogens is 246 g/mol. The third-order valence-corrected chi connectivity index (χ3v) is 5.07. The Morgan fingerprint density at radius 1 is 1.32 bits per heavy atom. The fourth-order valence-electron chi connectivity index (χ4n) is 3.83. The van der Waals surface area contributed by atoms with E-state index in [0.717, 1.165) is 19.4 Å². The van der Waals surface area contributed by atoms with E-state index in [2.05, 4.69) is 19.2 Å². The predicted octanol–water partition coefficient (Wildman–Crippen LogP) is 1.03. The highest BCUT2D eigenvalue weighted by molar-refractivity contribution is 5.89. The van der Waals surface area contributed by atoms with Crippen molar-refractivity contribution >= 4 is 11.9 Å². The largest absolute Gasteiger partial charge is 0.481 e. The lowest BCUT2D eigenvalue weighted by Crippen LogP contribution is -2.70. The summed E-state index contributed by atoms with van der Waals surface area (Å²) in [6.45, 7) is 5.05. The van der Waals surface area contributed by atoms with Gasteiger partial charge in [0, 0.05) is 24.0 Å². The Morgan fingerprint density at radius 3 is 2.68 bits per heavy atom. The molecule has 3 aliphatic rings. The van der Waals surface area contributed by atoms with Crippen molar-refractivity contribution in [2.75, 3.05) is 6.61 Å². The molecule has 1 heterocycles. The Kier molecular flexibility index (Phi) is 2.85. The summed E-state index contributed by atoms with van der Waals surface area (Å²) in [6, 6.07) is 0.125. The van der Waals surface area contributed by atoms with Crippen LogP contribution < -0.4 is 5.32 Å². The lowest BCUT2D eigenvalue weighted by Gasteiger charge is -2.59. The number of amides is 1. The average molecular weight is 267 g/mol. The van der Waals surface area contributed by atoms with Crippen molar-refractivity contribution in [2.45, 2.75) is 45.3 Å². The number of ether oxygens (including phenoxy) is 1. The fraction of sp³-hybridized carbons (Fsp3) is 0.857. The van der Waals surface area contributed by atoms with Gasteiger partial charge in [-0.3, -0.25) is 9.59 Å². The van der Waals surface area contributed by atoms with Gasteiger partial charge < -0.3 is 15.2 Å². The summed E-state index contributed by atoms with van der Waals surface area (Å²) in [5.74, 6) is -1.34. The van der Waals surface area contributed by atoms with Gasteiger partial charge in [-0.05, 0) is 19.3 Å². The molecular formula is C14H21NO4. The van der Waals surface area contributed by atoms with Crippen LogP contribution in [-0.2, 0) is 14.3 Å². The Labute approximate surface area is 112 Å². The van der Waals surface area contributed by atoms with Gasteiger partial charge in [-0.1, -0.05) is 13.8 Å². The first kappa shape index (κ1) is 12.9. The van der Waals surface area contributed by atoms with Gasteiger partial charge in [0.05, 0.1) is 17.9 Å². The number of carboxylic acid groups (broad SMARTS) is 1. The zero-order valence-electron chi connectivity index (χ0n) is 11.4. The molecule has 5 atom stereocenters. The normalized spacial score (nSPS) is 42.7. The maximum atomic E-state index is 12.1. The highest BCUT2D eigenvalue weighted by atomic mass is 16.5. The molecule has 3 fully saturated rings. The SMILES string of the molecule is CC1(C)C(NC(=O)C2CC2C(=O)O)C2CCCOC21. The van der Waals surface area contributed by atoms with E-state index < -0.39 is 11.9 Å². The molecule has 19 heavy (non-hydrogen) atoms. The van der Waals surface area contributed by atoms with Crippen LogP contribution in [0.5, 0.6) is 0 Å². The summed E-state index contributed by atoms with van der Waals surface area (Å²) in [5.41, 5.74) is -0.0473. The molecule has 5 heteroatoms. The molecule has 0 aromatic heterocycles. The number of carbonyl (C=O) groups excluding carboxylic acids is 1. The van der Waals surface area contributed by atoms with E-state index in [1.807, 2.05) is 0 Å². The number of fused-ring (bicyclic) bond motifs is 1. The molecule has 5 nitrogen and oxygen atoms in total. The second-order valence-corrected chi connectivity index (χ2v) is 6.69. The lowest BCUT2D eigenvalue weighted by atomic mass is 9.55. The van der Waals surface area contributed by atoms with Crippen molar-refractivity contribution in [1.29, 1.82) is 0 Å². The predicted molar refractivity (Wildman–Crippen MR) is 67.4 cm³/mol. The van der Waals surface area contributed by atoms with Crippen LogP contribution in [0.1, 0.15) is 33.1 Å². The standard InChI is InChI=1S/C14H21NO4/c1-14(2)10(7-4-3-5-19-11(7)14)15-12(16)8-6-9(8)13(17)18/h7-11H,3-6H2,1-2H3,(H,15,16)(H,17,18). The molecule has 2 aliphatic carbocycles. The first-order chi connectivity index (χ1) is 8.93. The number of hydrogen-bond donors (Lipinski definition) is 2. The van der Waals surface area contributed by atoms with Crippen molar-refractivity contribution in [2.24, 2.45) is 23.2 Å². The van der Waals surface area contributed by atoms with Gasteiger partial charge in [-0.2, -0.15) is 0 Å². The van der Waals surface area contributed by atoms with Crippen LogP contribution in [0, 0.1) is 23.2 Å². The van der Waals surface area contributed by atoms with Crippen LogP contribution in [0.25, 0.3) is 0 Å². The minimum Gasteiger partial charge on any atom is -0.481 e. The van der Waals surface area contributed by atoms with Gasteiger partial charge in [0.2, 0.25) is 5.91 Å². The van der Waals surface area contributed by atoms with Gasteiger partial charge in [-0.25, -0.2) is 0 Å². The molecule has 0 radical (unpaired) electrons. The zero-order valence-corrected chi connectivity index (χ0v) is 11.4. The monoisotopic (exact) mass is 267 g/mol. The third kappa shape index (κ3) is 1.95. The van der Waals surface area contributed by atoms with Crippen LogP contribution in [-0.4, -0.2) is 35.7 Å². The Balaban J connectivity index is 1.61. The summed E-state index contributed by atoms with van der Waals surface area (Å²) < 4.78 is 5.79. The number of aliphatic carboxylic acids is 1. The molecule has 1 saturated heterocycles. The van der Waals surface area contributed by atoms with E-state index in [0.29, 0.717) is 12.3 Å². The molecule has 0 bridgehead atoms. The van der Waals surface area contributed by atoms with Gasteiger partial charge >= 0.3 is 5.97 Å². The third-order valence-electron chi connectivity index (χ3n) is 5.07. The van der Waals surface area contributed by atoms with Crippen molar-refractivity contribution in [1.82, 2.24) is 5.32 Å². The zero-order chi connectivity index (χ0) is 13.8. The molecule has 106 valence electrons. The van der Waals surface area contributed by atoms with Crippen LogP contribution >= 0.6 is 0 Å². The maximum absolute atomic E-state index is 12.1. The van der Waals surface area contributed by atoms with E-state index in [-0.39, 0.29) is 29.4 Å². The van der Waals surface area contributed by atoms with E-state index in [9.17, 15) is 9.59 Å². The van der Waals surface area contributed by atoms with Crippen molar-refractivity contribution in [3.05, 3.63) is 0 Å². The molecule has 2 saturated carbocycles. The second-order valence-electron chi connectivity index (χ2n) is 6.69. The van der Waals surface area contributed by atoms with Crippen LogP contribution in [0.15, 0.2) is 0 Å². The smallest absolute Gasteiger partial charge is 0.307 e. The maximum Gasteiger partial charge on any atom is 0.307 e. The molecule has 2 N–H and O–H groups in total. The quantitative estimate of drug-likeness (QED) is 0.800. The number of hydrogen-bond acceptors (Lipinski definition) is 3. The van der Waals surface area contributed by atoms with Gasteiger partial charge in [0.15, 0.2) is 0 Å². The minimum absolute atomic E-state index is 0.0473. The topological polar surface area (TPSA) is 75.6 Å². The summed E-state index contributed by atoms with van der Waals surface area (Å²) >= 11 is 0. The van der Waals surface area contributed by atoms with Crippen LogP contribution in [0.2, 0.25) is 0 Å². The first-order valence-corrected chi connectivity index (χ1v) is 7.07. The van der Waals surface area contributed by atoms with E-state index >= 15 is 0 Å². The Hall–Kier alpha value is -1.10. The molecule has 1 amide bonds. The van der Waals surface area contributed by atoms with E-state index in [1.165, 1.54) is 0 Å². The number of nitrogens with one attached hydrogen (secondary N) is 1. The van der Waals surface area contributed by atoms with Crippen molar-refractivity contribution < 1.29 is 19.4 Å². The van der Waals surface area contributed by atoms with Gasteiger partial charge in [0.1, 0.15) is 0 Å². The van der Waals surface area contributed by atoms with E-state index in [1.54, 1.807) is 0 Å². The number of rotatable bonds is 3.